The van der Waals surface area contributed by atoms with Crippen LogP contribution < -0.4 is 5.32 Å². The second-order valence-electron chi connectivity index (χ2n) is 3.96. The molecule has 14 heavy (non-hydrogen) atoms. The zero-order chi connectivity index (χ0) is 9.92. The Morgan fingerprint density at radius 3 is 3.21 bits per heavy atom. The molecule has 2 bridgehead atoms. The molecule has 2 saturated heterocycles. The van der Waals surface area contributed by atoms with Crippen molar-refractivity contribution in [2.45, 2.75) is 11.7 Å². The van der Waals surface area contributed by atoms with Gasteiger partial charge in [0.05, 0.1) is 18.6 Å². The van der Waals surface area contributed by atoms with Crippen LogP contribution in [0.1, 0.15) is 0 Å². The van der Waals surface area contributed by atoms with Crippen LogP contribution in [0.3, 0.4) is 0 Å². The standard InChI is InChI=1S/C9H9NO4/c11-7-6-5(8(12)13)4-1-2-9(6,14-4)3-10-7/h1-2,4-6H,3H2,(H,10,11)(H,12,13). The van der Waals surface area contributed by atoms with Crippen molar-refractivity contribution in [2.24, 2.45) is 11.8 Å². The molecule has 74 valence electrons. The molecule has 1 amide bonds. The number of ether oxygens (including phenoxy) is 1. The van der Waals surface area contributed by atoms with Crippen molar-refractivity contribution in [2.75, 3.05) is 6.54 Å². The van der Waals surface area contributed by atoms with Crippen LogP contribution in [0.5, 0.6) is 0 Å². The minimum atomic E-state index is -0.955. The molecule has 2 fully saturated rings. The van der Waals surface area contributed by atoms with Gasteiger partial charge in [-0.05, 0) is 0 Å². The molecule has 3 aliphatic rings. The normalized spacial score (nSPS) is 48.0. The third-order valence-electron chi connectivity index (χ3n) is 3.27. The SMILES string of the molecule is O=C(O)C1C2C=CC3(CNC(=O)C13)O2. The van der Waals surface area contributed by atoms with Crippen molar-refractivity contribution in [1.82, 2.24) is 5.32 Å². The van der Waals surface area contributed by atoms with Gasteiger partial charge in [-0.1, -0.05) is 12.2 Å². The number of hydrogen-bond acceptors (Lipinski definition) is 3. The summed E-state index contributed by atoms with van der Waals surface area (Å²) in [5, 5.41) is 11.6. The second-order valence-corrected chi connectivity index (χ2v) is 3.96. The van der Waals surface area contributed by atoms with Crippen LogP contribution in [-0.2, 0) is 14.3 Å². The highest BCUT2D eigenvalue weighted by Crippen LogP contribution is 2.49. The zero-order valence-electron chi connectivity index (χ0n) is 7.27. The molecule has 3 heterocycles. The van der Waals surface area contributed by atoms with Crippen LogP contribution in [0.4, 0.5) is 0 Å². The largest absolute Gasteiger partial charge is 0.481 e. The van der Waals surface area contributed by atoms with Crippen LogP contribution in [0.2, 0.25) is 0 Å². The van der Waals surface area contributed by atoms with Crippen molar-refractivity contribution in [3.8, 4) is 0 Å². The number of carboxylic acid groups (broad SMARTS) is 1. The topological polar surface area (TPSA) is 75.6 Å². The van der Waals surface area contributed by atoms with E-state index < -0.39 is 29.5 Å². The number of carbonyl (C=O) groups excluding carboxylic acids is 1. The van der Waals surface area contributed by atoms with Gasteiger partial charge in [0.15, 0.2) is 0 Å². The number of carboxylic acids is 1. The third kappa shape index (κ3) is 0.698. The summed E-state index contributed by atoms with van der Waals surface area (Å²) in [4.78, 5) is 22.4. The molecule has 4 unspecified atom stereocenters. The summed E-state index contributed by atoms with van der Waals surface area (Å²) in [6, 6.07) is 0. The summed E-state index contributed by atoms with van der Waals surface area (Å²) in [6.07, 6.45) is 3.14. The summed E-state index contributed by atoms with van der Waals surface area (Å²) in [5.41, 5.74) is -0.676. The smallest absolute Gasteiger partial charge is 0.310 e. The van der Waals surface area contributed by atoms with E-state index in [-0.39, 0.29) is 5.91 Å². The summed E-state index contributed by atoms with van der Waals surface area (Å²) in [5.74, 6) is -2.43. The van der Waals surface area contributed by atoms with Crippen molar-refractivity contribution in [3.63, 3.8) is 0 Å². The van der Waals surface area contributed by atoms with Crippen molar-refractivity contribution < 1.29 is 19.4 Å². The maximum atomic E-state index is 11.5. The number of hydrogen-bond donors (Lipinski definition) is 2. The first kappa shape index (κ1) is 7.99. The van der Waals surface area contributed by atoms with Gasteiger partial charge in [-0.25, -0.2) is 0 Å². The van der Waals surface area contributed by atoms with E-state index in [1.54, 1.807) is 6.08 Å². The Bertz CT molecular complexity index is 364. The van der Waals surface area contributed by atoms with Gasteiger partial charge < -0.3 is 15.2 Å². The Kier molecular flexibility index (Phi) is 1.24. The van der Waals surface area contributed by atoms with E-state index in [1.807, 2.05) is 6.08 Å². The zero-order valence-corrected chi connectivity index (χ0v) is 7.27. The van der Waals surface area contributed by atoms with Crippen LogP contribution in [0.15, 0.2) is 12.2 Å². The lowest BCUT2D eigenvalue weighted by atomic mass is 9.77. The third-order valence-corrected chi connectivity index (χ3v) is 3.27. The fourth-order valence-corrected chi connectivity index (χ4v) is 2.67. The Hall–Kier alpha value is -1.36. The minimum Gasteiger partial charge on any atom is -0.481 e. The van der Waals surface area contributed by atoms with Crippen LogP contribution >= 0.6 is 0 Å². The lowest BCUT2D eigenvalue weighted by Crippen LogP contribution is -2.38. The molecule has 5 heteroatoms. The second kappa shape index (κ2) is 2.17. The molecule has 0 radical (unpaired) electrons. The summed E-state index contributed by atoms with van der Waals surface area (Å²) in [6.45, 7) is 0.396. The monoisotopic (exact) mass is 195 g/mol. The van der Waals surface area contributed by atoms with Crippen molar-refractivity contribution >= 4 is 11.9 Å². The molecule has 0 saturated carbocycles. The highest BCUT2D eigenvalue weighted by atomic mass is 16.5. The lowest BCUT2D eigenvalue weighted by Gasteiger charge is -2.21. The molecule has 2 N–H and O–H groups in total. The van der Waals surface area contributed by atoms with Crippen molar-refractivity contribution in [3.05, 3.63) is 12.2 Å². The van der Waals surface area contributed by atoms with Gasteiger partial charge in [0, 0.05) is 0 Å². The fraction of sp³-hybridized carbons (Fsp3) is 0.556. The molecule has 1 spiro atoms. The minimum absolute atomic E-state index is 0.204. The van der Waals surface area contributed by atoms with Gasteiger partial charge >= 0.3 is 5.97 Å². The number of amides is 1. The molecule has 0 aromatic heterocycles. The summed E-state index contributed by atoms with van der Waals surface area (Å²) < 4.78 is 5.55. The predicted molar refractivity (Wildman–Crippen MR) is 44.4 cm³/mol. The molecule has 0 aliphatic carbocycles. The first-order valence-electron chi connectivity index (χ1n) is 4.52. The molecular weight excluding hydrogens is 186 g/mol. The van der Waals surface area contributed by atoms with Gasteiger partial charge in [0.25, 0.3) is 0 Å². The Balaban J connectivity index is 2.08. The number of rotatable bonds is 1. The highest BCUT2D eigenvalue weighted by Gasteiger charge is 2.64. The van der Waals surface area contributed by atoms with E-state index >= 15 is 0 Å². The highest BCUT2D eigenvalue weighted by molar-refractivity contribution is 5.90. The molecule has 0 aromatic rings. The van der Waals surface area contributed by atoms with E-state index in [9.17, 15) is 9.59 Å². The molecule has 3 rings (SSSR count). The van der Waals surface area contributed by atoms with Gasteiger partial charge in [-0.2, -0.15) is 0 Å². The average Bonchev–Trinajstić information content (AvgIpc) is 2.75. The maximum Gasteiger partial charge on any atom is 0.310 e. The van der Waals surface area contributed by atoms with Gasteiger partial charge in [0.1, 0.15) is 11.5 Å². The van der Waals surface area contributed by atoms with E-state index in [2.05, 4.69) is 5.32 Å². The molecule has 3 aliphatic heterocycles. The quantitative estimate of drug-likeness (QED) is 0.534. The number of carbonyl (C=O) groups is 2. The summed E-state index contributed by atoms with van der Waals surface area (Å²) >= 11 is 0. The summed E-state index contributed by atoms with van der Waals surface area (Å²) in [7, 11) is 0. The van der Waals surface area contributed by atoms with Crippen LogP contribution in [0.25, 0.3) is 0 Å². The fourth-order valence-electron chi connectivity index (χ4n) is 2.67. The number of nitrogens with one attached hydrogen (secondary N) is 1. The van der Waals surface area contributed by atoms with E-state index in [1.165, 1.54) is 0 Å². The Morgan fingerprint density at radius 1 is 1.71 bits per heavy atom. The van der Waals surface area contributed by atoms with Gasteiger partial charge in [0.2, 0.25) is 5.91 Å². The number of fused-ring (bicyclic) bond motifs is 1. The molecule has 5 nitrogen and oxygen atoms in total. The first-order chi connectivity index (χ1) is 6.64. The number of aliphatic carboxylic acids is 1. The van der Waals surface area contributed by atoms with E-state index in [4.69, 9.17) is 9.84 Å². The molecular formula is C9H9NO4. The van der Waals surface area contributed by atoms with E-state index in [0.717, 1.165) is 0 Å². The van der Waals surface area contributed by atoms with E-state index in [0.29, 0.717) is 6.54 Å². The van der Waals surface area contributed by atoms with Gasteiger partial charge in [-0.3, -0.25) is 9.59 Å². The Labute approximate surface area is 79.7 Å². The lowest BCUT2D eigenvalue weighted by molar-refractivity contribution is -0.146. The molecule has 4 atom stereocenters. The van der Waals surface area contributed by atoms with Crippen molar-refractivity contribution in [1.29, 1.82) is 0 Å². The maximum absolute atomic E-state index is 11.5. The Morgan fingerprint density at radius 2 is 2.50 bits per heavy atom. The average molecular weight is 195 g/mol. The predicted octanol–water partition coefficient (Wildman–Crippen LogP) is -0.859. The van der Waals surface area contributed by atoms with Gasteiger partial charge in [-0.15, -0.1) is 0 Å². The van der Waals surface area contributed by atoms with Crippen LogP contribution in [-0.4, -0.2) is 35.2 Å². The molecule has 0 aromatic carbocycles. The van der Waals surface area contributed by atoms with Crippen LogP contribution in [0, 0.1) is 11.8 Å². The first-order valence-corrected chi connectivity index (χ1v) is 4.52.